The van der Waals surface area contributed by atoms with E-state index in [0.717, 1.165) is 16.9 Å². The standard InChI is InChI=1S/C21H26N2O4S/c1-27-20-12-6-5-10-18(20)14-22-21(24)19-11-7-13-23(15-19)28(25,26)16-17-8-3-2-4-9-17/h2-6,8-10,12,19H,7,11,13-16H2,1H3,(H,22,24)/t19-/m0/s1. The summed E-state index contributed by atoms with van der Waals surface area (Å²) in [7, 11) is -1.85. The molecule has 0 unspecified atom stereocenters. The molecule has 2 aromatic carbocycles. The van der Waals surface area contributed by atoms with Crippen molar-refractivity contribution in [3.8, 4) is 5.75 Å². The fourth-order valence-corrected chi connectivity index (χ4v) is 5.07. The van der Waals surface area contributed by atoms with Crippen LogP contribution in [0.3, 0.4) is 0 Å². The molecule has 1 atom stereocenters. The number of para-hydroxylation sites is 1. The zero-order chi connectivity index (χ0) is 20.0. The second-order valence-electron chi connectivity index (χ2n) is 6.97. The van der Waals surface area contributed by atoms with Crippen molar-refractivity contribution in [2.45, 2.75) is 25.1 Å². The Balaban J connectivity index is 1.60. The number of sulfonamides is 1. The number of nitrogens with zero attached hydrogens (tertiary/aromatic N) is 1. The number of nitrogens with one attached hydrogen (secondary N) is 1. The summed E-state index contributed by atoms with van der Waals surface area (Å²) in [6.45, 7) is 1.05. The third-order valence-electron chi connectivity index (χ3n) is 4.99. The van der Waals surface area contributed by atoms with E-state index in [1.54, 1.807) is 19.2 Å². The molecule has 150 valence electrons. The number of hydrogen-bond acceptors (Lipinski definition) is 4. The number of ether oxygens (including phenoxy) is 1. The monoisotopic (exact) mass is 402 g/mol. The van der Waals surface area contributed by atoms with Gasteiger partial charge in [-0.1, -0.05) is 48.5 Å². The van der Waals surface area contributed by atoms with Crippen LogP contribution in [0.1, 0.15) is 24.0 Å². The van der Waals surface area contributed by atoms with Crippen LogP contribution in [-0.4, -0.2) is 38.8 Å². The lowest BCUT2D eigenvalue weighted by atomic mass is 9.98. The molecule has 28 heavy (non-hydrogen) atoms. The van der Waals surface area contributed by atoms with E-state index >= 15 is 0 Å². The number of benzene rings is 2. The van der Waals surface area contributed by atoms with Gasteiger partial charge in [-0.2, -0.15) is 0 Å². The number of methoxy groups -OCH3 is 1. The molecule has 2 aromatic rings. The lowest BCUT2D eigenvalue weighted by Gasteiger charge is -2.31. The van der Waals surface area contributed by atoms with Crippen LogP contribution in [0, 0.1) is 5.92 Å². The van der Waals surface area contributed by atoms with Crippen molar-refractivity contribution in [3.63, 3.8) is 0 Å². The van der Waals surface area contributed by atoms with Gasteiger partial charge in [-0.25, -0.2) is 12.7 Å². The largest absolute Gasteiger partial charge is 0.496 e. The molecule has 1 aliphatic heterocycles. The van der Waals surface area contributed by atoms with Gasteiger partial charge in [-0.15, -0.1) is 0 Å². The normalized spacial score (nSPS) is 17.8. The van der Waals surface area contributed by atoms with Gasteiger partial charge < -0.3 is 10.1 Å². The summed E-state index contributed by atoms with van der Waals surface area (Å²) in [6, 6.07) is 16.6. The predicted octanol–water partition coefficient (Wildman–Crippen LogP) is 2.55. The minimum atomic E-state index is -3.45. The maximum Gasteiger partial charge on any atom is 0.224 e. The Hall–Kier alpha value is -2.38. The van der Waals surface area contributed by atoms with Crippen molar-refractivity contribution in [1.82, 2.24) is 9.62 Å². The number of carbonyl (C=O) groups is 1. The van der Waals surface area contributed by atoms with Crippen LogP contribution in [0.5, 0.6) is 5.75 Å². The zero-order valence-corrected chi connectivity index (χ0v) is 16.8. The van der Waals surface area contributed by atoms with Crippen LogP contribution in [0.4, 0.5) is 0 Å². The first kappa shape index (κ1) is 20.4. The van der Waals surface area contributed by atoms with Crippen LogP contribution >= 0.6 is 0 Å². The van der Waals surface area contributed by atoms with Gasteiger partial charge in [0.05, 0.1) is 18.8 Å². The van der Waals surface area contributed by atoms with Gasteiger partial charge in [0.1, 0.15) is 5.75 Å². The highest BCUT2D eigenvalue weighted by Crippen LogP contribution is 2.22. The molecular formula is C21H26N2O4S. The van der Waals surface area contributed by atoms with Crippen molar-refractivity contribution < 1.29 is 17.9 Å². The van der Waals surface area contributed by atoms with Gasteiger partial charge in [-0.05, 0) is 24.5 Å². The first-order chi connectivity index (χ1) is 13.5. The summed E-state index contributed by atoms with van der Waals surface area (Å²) in [5.74, 6) is 0.224. The first-order valence-electron chi connectivity index (χ1n) is 9.41. The Morgan fingerprint density at radius 3 is 2.61 bits per heavy atom. The summed E-state index contributed by atoms with van der Waals surface area (Å²) >= 11 is 0. The van der Waals surface area contributed by atoms with Crippen molar-refractivity contribution >= 4 is 15.9 Å². The SMILES string of the molecule is COc1ccccc1CNC(=O)[C@H]1CCCN(S(=O)(=O)Cc2ccccc2)C1. The maximum absolute atomic E-state index is 12.8. The van der Waals surface area contributed by atoms with Crippen molar-refractivity contribution in [2.24, 2.45) is 5.92 Å². The summed E-state index contributed by atoms with van der Waals surface area (Å²) in [5.41, 5.74) is 1.65. The number of carbonyl (C=O) groups excluding carboxylic acids is 1. The van der Waals surface area contributed by atoms with Gasteiger partial charge in [0.2, 0.25) is 15.9 Å². The van der Waals surface area contributed by atoms with E-state index in [4.69, 9.17) is 4.74 Å². The van der Waals surface area contributed by atoms with E-state index in [1.807, 2.05) is 42.5 Å². The molecule has 0 saturated carbocycles. The molecular weight excluding hydrogens is 376 g/mol. The van der Waals surface area contributed by atoms with E-state index in [9.17, 15) is 13.2 Å². The molecule has 3 rings (SSSR count). The van der Waals surface area contributed by atoms with Crippen molar-refractivity contribution in [1.29, 1.82) is 0 Å². The Labute approximate surface area is 166 Å². The van der Waals surface area contributed by atoms with Gasteiger partial charge in [-0.3, -0.25) is 4.79 Å². The van der Waals surface area contributed by atoms with Crippen LogP contribution in [-0.2, 0) is 27.1 Å². The zero-order valence-electron chi connectivity index (χ0n) is 16.0. The molecule has 1 saturated heterocycles. The van der Waals surface area contributed by atoms with E-state index in [-0.39, 0.29) is 24.1 Å². The number of hydrogen-bond donors (Lipinski definition) is 1. The molecule has 0 aliphatic carbocycles. The molecule has 0 radical (unpaired) electrons. The van der Waals surface area contributed by atoms with Crippen molar-refractivity contribution in [2.75, 3.05) is 20.2 Å². The van der Waals surface area contributed by atoms with Crippen LogP contribution in [0.25, 0.3) is 0 Å². The molecule has 0 spiro atoms. The molecule has 1 heterocycles. The Morgan fingerprint density at radius 1 is 1.14 bits per heavy atom. The third kappa shape index (κ3) is 5.11. The predicted molar refractivity (Wildman–Crippen MR) is 108 cm³/mol. The molecule has 1 aliphatic rings. The molecule has 1 amide bonds. The smallest absolute Gasteiger partial charge is 0.224 e. The first-order valence-corrected chi connectivity index (χ1v) is 11.0. The summed E-state index contributed by atoms with van der Waals surface area (Å²) in [5, 5.41) is 2.92. The maximum atomic E-state index is 12.8. The van der Waals surface area contributed by atoms with E-state index < -0.39 is 10.0 Å². The van der Waals surface area contributed by atoms with Crippen LogP contribution in [0.15, 0.2) is 54.6 Å². The van der Waals surface area contributed by atoms with Gasteiger partial charge in [0.25, 0.3) is 0 Å². The molecule has 1 N–H and O–H groups in total. The van der Waals surface area contributed by atoms with Gasteiger partial charge >= 0.3 is 0 Å². The van der Waals surface area contributed by atoms with Crippen LogP contribution in [0.2, 0.25) is 0 Å². The van der Waals surface area contributed by atoms with E-state index in [0.29, 0.717) is 25.9 Å². The molecule has 1 fully saturated rings. The fraction of sp³-hybridized carbons (Fsp3) is 0.381. The minimum absolute atomic E-state index is 0.0383. The van der Waals surface area contributed by atoms with Crippen molar-refractivity contribution in [3.05, 3.63) is 65.7 Å². The lowest BCUT2D eigenvalue weighted by Crippen LogP contribution is -2.45. The summed E-state index contributed by atoms with van der Waals surface area (Å²) < 4.78 is 32.3. The highest BCUT2D eigenvalue weighted by Gasteiger charge is 2.32. The average Bonchev–Trinajstić information content (AvgIpc) is 2.72. The molecule has 0 aromatic heterocycles. The summed E-state index contributed by atoms with van der Waals surface area (Å²) in [4.78, 5) is 12.6. The fourth-order valence-electron chi connectivity index (χ4n) is 3.46. The molecule has 7 heteroatoms. The Morgan fingerprint density at radius 2 is 1.86 bits per heavy atom. The topological polar surface area (TPSA) is 75.7 Å². The average molecular weight is 403 g/mol. The minimum Gasteiger partial charge on any atom is -0.496 e. The highest BCUT2D eigenvalue weighted by atomic mass is 32.2. The number of rotatable bonds is 7. The second kappa shape index (κ2) is 9.21. The van der Waals surface area contributed by atoms with E-state index in [2.05, 4.69) is 5.32 Å². The number of amides is 1. The second-order valence-corrected chi connectivity index (χ2v) is 8.94. The number of piperidine rings is 1. The quantitative estimate of drug-likeness (QED) is 0.772. The third-order valence-corrected chi connectivity index (χ3v) is 6.80. The highest BCUT2D eigenvalue weighted by molar-refractivity contribution is 7.88. The Kier molecular flexibility index (Phi) is 6.70. The summed E-state index contributed by atoms with van der Waals surface area (Å²) in [6.07, 6.45) is 1.37. The Bertz CT molecular complexity index is 900. The van der Waals surface area contributed by atoms with Crippen LogP contribution < -0.4 is 10.1 Å². The molecule has 0 bridgehead atoms. The lowest BCUT2D eigenvalue weighted by molar-refractivity contribution is -0.126. The van der Waals surface area contributed by atoms with E-state index in [1.165, 1.54) is 4.31 Å². The van der Waals surface area contributed by atoms with Gasteiger partial charge in [0, 0.05) is 25.2 Å². The van der Waals surface area contributed by atoms with Gasteiger partial charge in [0.15, 0.2) is 0 Å². The molecule has 6 nitrogen and oxygen atoms in total.